The molecule has 0 fully saturated rings. The van der Waals surface area contributed by atoms with Crippen molar-refractivity contribution in [2.24, 2.45) is 0 Å². The second-order valence-corrected chi connectivity index (χ2v) is 7.82. The van der Waals surface area contributed by atoms with Gasteiger partial charge < -0.3 is 23.7 Å². The highest BCUT2D eigenvalue weighted by atomic mass is 32.2. The molecule has 178 valence electrons. The quantitative estimate of drug-likeness (QED) is 0.389. The van der Waals surface area contributed by atoms with Crippen LogP contribution < -0.4 is 24.5 Å². The Morgan fingerprint density at radius 1 is 0.758 bits per heavy atom. The number of hydrogen-bond donors (Lipinski definition) is 2. The first-order valence-corrected chi connectivity index (χ1v) is 10.5. The van der Waals surface area contributed by atoms with Crippen LogP contribution in [-0.2, 0) is 19.5 Å². The van der Waals surface area contributed by atoms with E-state index in [4.69, 9.17) is 14.2 Å². The summed E-state index contributed by atoms with van der Waals surface area (Å²) < 4.78 is 50.4. The molecule has 13 heteroatoms. The maximum Gasteiger partial charge on any atom is 0.339 e. The topological polar surface area (TPSA) is 156 Å². The Morgan fingerprint density at radius 3 is 1.82 bits per heavy atom. The summed E-state index contributed by atoms with van der Waals surface area (Å²) in [4.78, 5) is 37.7. The Morgan fingerprint density at radius 2 is 1.33 bits per heavy atom. The van der Waals surface area contributed by atoms with Crippen LogP contribution in [-0.4, -0.2) is 61.8 Å². The molecule has 0 saturated carbocycles. The van der Waals surface area contributed by atoms with E-state index < -0.39 is 32.8 Å². The van der Waals surface area contributed by atoms with Crippen molar-refractivity contribution in [1.82, 2.24) is 10.3 Å². The third-order valence-electron chi connectivity index (χ3n) is 4.32. The summed E-state index contributed by atoms with van der Waals surface area (Å²) in [6.07, 6.45) is 0. The van der Waals surface area contributed by atoms with Gasteiger partial charge in [0.1, 0.15) is 0 Å². The molecule has 33 heavy (non-hydrogen) atoms. The fraction of sp³-hybridized carbons (Fsp3) is 0.250. The summed E-state index contributed by atoms with van der Waals surface area (Å²) in [5, 5.41) is 0. The highest BCUT2D eigenvalue weighted by molar-refractivity contribution is 7.89. The average molecular weight is 482 g/mol. The van der Waals surface area contributed by atoms with E-state index in [1.165, 1.54) is 39.5 Å². The van der Waals surface area contributed by atoms with Crippen molar-refractivity contribution in [2.75, 3.05) is 35.5 Å². The highest BCUT2D eigenvalue weighted by Gasteiger charge is 2.26. The molecule has 0 atom stereocenters. The van der Waals surface area contributed by atoms with Gasteiger partial charge in [-0.3, -0.25) is 10.2 Å². The maximum absolute atomic E-state index is 12.9. The van der Waals surface area contributed by atoms with Crippen LogP contribution >= 0.6 is 0 Å². The van der Waals surface area contributed by atoms with E-state index in [9.17, 15) is 22.8 Å². The third-order valence-corrected chi connectivity index (χ3v) is 5.61. The van der Waals surface area contributed by atoms with Gasteiger partial charge in [-0.2, -0.15) is 0 Å². The second kappa shape index (κ2) is 10.7. The number of nitrogens with one attached hydrogen (secondary N) is 2. The summed E-state index contributed by atoms with van der Waals surface area (Å²) >= 11 is 0. The molecule has 0 spiro atoms. The lowest BCUT2D eigenvalue weighted by Gasteiger charge is -2.15. The van der Waals surface area contributed by atoms with E-state index in [-0.39, 0.29) is 33.9 Å². The van der Waals surface area contributed by atoms with Gasteiger partial charge in [-0.05, 0) is 30.3 Å². The Bertz CT molecular complexity index is 1150. The van der Waals surface area contributed by atoms with Crippen molar-refractivity contribution in [3.8, 4) is 17.2 Å². The molecule has 0 unspecified atom stereocenters. The molecule has 2 N–H and O–H groups in total. The largest absolute Gasteiger partial charge is 0.493 e. The highest BCUT2D eigenvalue weighted by Crippen LogP contribution is 2.38. The van der Waals surface area contributed by atoms with Crippen LogP contribution in [0.3, 0.4) is 0 Å². The van der Waals surface area contributed by atoms with Gasteiger partial charge in [0.05, 0.1) is 51.6 Å². The van der Waals surface area contributed by atoms with E-state index in [1.807, 2.05) is 10.3 Å². The lowest BCUT2D eigenvalue weighted by molar-refractivity contribution is 0.0583. The van der Waals surface area contributed by atoms with E-state index in [0.29, 0.717) is 0 Å². The first-order chi connectivity index (χ1) is 15.6. The van der Waals surface area contributed by atoms with Crippen molar-refractivity contribution in [2.45, 2.75) is 4.90 Å². The first-order valence-electron chi connectivity index (χ1n) is 9.06. The number of methoxy groups -OCH3 is 5. The van der Waals surface area contributed by atoms with Crippen LogP contribution in [0.15, 0.2) is 35.2 Å². The molecule has 2 aromatic carbocycles. The van der Waals surface area contributed by atoms with Crippen molar-refractivity contribution in [3.63, 3.8) is 0 Å². The number of amides is 1. The normalized spacial score (nSPS) is 10.7. The molecule has 0 radical (unpaired) electrons. The van der Waals surface area contributed by atoms with E-state index in [0.717, 1.165) is 26.4 Å². The van der Waals surface area contributed by atoms with Crippen LogP contribution in [0.4, 0.5) is 0 Å². The number of ether oxygens (including phenoxy) is 5. The maximum atomic E-state index is 12.9. The van der Waals surface area contributed by atoms with Gasteiger partial charge in [0.2, 0.25) is 5.75 Å². The summed E-state index contributed by atoms with van der Waals surface area (Å²) in [6, 6.07) is 5.83. The lowest BCUT2D eigenvalue weighted by atomic mass is 10.1. The van der Waals surface area contributed by atoms with Gasteiger partial charge >= 0.3 is 11.9 Å². The molecule has 0 bridgehead atoms. The minimum Gasteiger partial charge on any atom is -0.493 e. The van der Waals surface area contributed by atoms with Gasteiger partial charge in [-0.15, -0.1) is 4.83 Å². The van der Waals surface area contributed by atoms with Gasteiger partial charge in [0, 0.05) is 5.56 Å². The first kappa shape index (κ1) is 25.4. The molecule has 0 aliphatic rings. The van der Waals surface area contributed by atoms with Gasteiger partial charge in [0.15, 0.2) is 11.5 Å². The molecular weight excluding hydrogens is 460 g/mol. The second-order valence-electron chi connectivity index (χ2n) is 6.17. The van der Waals surface area contributed by atoms with Crippen LogP contribution in [0.5, 0.6) is 17.2 Å². The van der Waals surface area contributed by atoms with Crippen LogP contribution in [0, 0.1) is 0 Å². The number of sulfonamides is 1. The molecule has 0 aromatic heterocycles. The van der Waals surface area contributed by atoms with Crippen molar-refractivity contribution < 1.29 is 46.5 Å². The van der Waals surface area contributed by atoms with E-state index >= 15 is 0 Å². The fourth-order valence-electron chi connectivity index (χ4n) is 2.72. The van der Waals surface area contributed by atoms with Crippen molar-refractivity contribution in [1.29, 1.82) is 0 Å². The van der Waals surface area contributed by atoms with E-state index in [1.54, 1.807) is 0 Å². The van der Waals surface area contributed by atoms with Gasteiger partial charge in [-0.25, -0.2) is 18.0 Å². The van der Waals surface area contributed by atoms with Crippen LogP contribution in [0.1, 0.15) is 31.1 Å². The summed E-state index contributed by atoms with van der Waals surface area (Å²) in [5.74, 6) is -2.10. The molecule has 12 nitrogen and oxygen atoms in total. The Kier molecular flexibility index (Phi) is 8.21. The van der Waals surface area contributed by atoms with Crippen molar-refractivity contribution >= 4 is 27.9 Å². The number of hydrazine groups is 1. The fourth-order valence-corrected chi connectivity index (χ4v) is 3.78. The molecule has 1 amide bonds. The number of rotatable bonds is 9. The van der Waals surface area contributed by atoms with Gasteiger partial charge in [-0.1, -0.05) is 0 Å². The molecule has 0 saturated heterocycles. The molecule has 2 aromatic rings. The lowest BCUT2D eigenvalue weighted by Crippen LogP contribution is -2.42. The summed E-state index contributed by atoms with van der Waals surface area (Å²) in [7, 11) is 1.73. The zero-order valence-electron chi connectivity index (χ0n) is 18.4. The Labute approximate surface area is 189 Å². The predicted molar refractivity (Wildman–Crippen MR) is 113 cm³/mol. The number of carbonyl (C=O) groups excluding carboxylic acids is 3. The van der Waals surface area contributed by atoms with Crippen LogP contribution in [0.2, 0.25) is 0 Å². The smallest absolute Gasteiger partial charge is 0.339 e. The molecule has 2 rings (SSSR count). The number of esters is 2. The number of benzene rings is 2. The van der Waals surface area contributed by atoms with Gasteiger partial charge in [0.25, 0.3) is 15.9 Å². The van der Waals surface area contributed by atoms with Crippen LogP contribution in [0.25, 0.3) is 0 Å². The minimum absolute atomic E-state index is 0.0243. The summed E-state index contributed by atoms with van der Waals surface area (Å²) in [6.45, 7) is 0. The third kappa shape index (κ3) is 5.51. The molecule has 0 aliphatic heterocycles. The molecule has 0 heterocycles. The van der Waals surface area contributed by atoms with Crippen molar-refractivity contribution in [3.05, 3.63) is 47.0 Å². The molecular formula is C20H22N2O10S. The zero-order chi connectivity index (χ0) is 24.8. The number of hydrogen-bond acceptors (Lipinski definition) is 10. The standard InChI is InChI=1S/C20H22N2O10S/c1-28-14-8-12(9-15(29-2)17(14)30-3)18(23)21-22-33(26,27)16-10-11(19(24)31-4)6-7-13(16)20(25)32-5/h6-10,22H,1-5H3,(H,21,23). The average Bonchev–Trinajstić information content (AvgIpc) is 2.84. The van der Waals surface area contributed by atoms with E-state index in [2.05, 4.69) is 9.47 Å². The number of carbonyl (C=O) groups is 3. The zero-order valence-corrected chi connectivity index (χ0v) is 19.2. The Balaban J connectivity index is 2.39. The Hall–Kier alpha value is -3.84. The summed E-state index contributed by atoms with van der Waals surface area (Å²) in [5.41, 5.74) is 1.50. The predicted octanol–water partition coefficient (Wildman–Crippen LogP) is 0.909. The SMILES string of the molecule is COC(=O)c1ccc(C(=O)OC)c(S(=O)(=O)NNC(=O)c2cc(OC)c(OC)c(OC)c2)c1. The molecule has 0 aliphatic carbocycles. The minimum atomic E-state index is -4.54. The monoisotopic (exact) mass is 482 g/mol.